The summed E-state index contributed by atoms with van der Waals surface area (Å²) in [6, 6.07) is -1.18. The number of aliphatic hydroxyl groups is 7. The second-order valence-electron chi connectivity index (χ2n) is 21.8. The standard InChI is InChI=1S/C62H117NO10/c1-3-5-7-9-11-13-15-17-18-19-20-21-22-23-24-25-26-27-28-29-30-31-32-33-34-35-36-37-38-40-42-44-46-48-50-55(66)61(71)63-53(52-72-62-60(70)59(69)58(68)56(51-64)73-62)57(67)54(65)49-47-45-43-41-39-16-14-12-10-8-6-4-2/h22-23,25-26,41,43,53-60,62,64-70H,3-21,24,27-40,42,44-52H2,1-2H3,(H,63,71)/b23-22-,26-25-,43-41+. The zero-order chi connectivity index (χ0) is 53.3. The number of ether oxygens (including phenoxy) is 2. The van der Waals surface area contributed by atoms with Crippen LogP contribution in [0.4, 0.5) is 0 Å². The molecule has 1 heterocycles. The summed E-state index contributed by atoms with van der Waals surface area (Å²) in [6.07, 6.45) is 52.4. The molecule has 430 valence electrons. The average molecular weight is 1040 g/mol. The van der Waals surface area contributed by atoms with Gasteiger partial charge in [-0.3, -0.25) is 4.79 Å². The molecule has 0 saturated carbocycles. The van der Waals surface area contributed by atoms with E-state index in [0.717, 1.165) is 44.9 Å². The van der Waals surface area contributed by atoms with Crippen LogP contribution in [-0.2, 0) is 14.3 Å². The third-order valence-corrected chi connectivity index (χ3v) is 14.9. The van der Waals surface area contributed by atoms with Crippen molar-refractivity contribution in [3.8, 4) is 0 Å². The lowest BCUT2D eigenvalue weighted by molar-refractivity contribution is -0.303. The normalized spacial score (nSPS) is 20.2. The predicted octanol–water partition coefficient (Wildman–Crippen LogP) is 13.5. The molecule has 1 rings (SSSR count). The van der Waals surface area contributed by atoms with Gasteiger partial charge in [0.2, 0.25) is 5.91 Å². The van der Waals surface area contributed by atoms with E-state index in [1.54, 1.807) is 0 Å². The Morgan fingerprint density at radius 3 is 1.26 bits per heavy atom. The molecule has 1 saturated heterocycles. The molecule has 1 aliphatic rings. The number of nitrogens with one attached hydrogen (secondary N) is 1. The minimum absolute atomic E-state index is 0.255. The molecule has 1 amide bonds. The second kappa shape index (κ2) is 51.1. The monoisotopic (exact) mass is 1040 g/mol. The van der Waals surface area contributed by atoms with Gasteiger partial charge in [0.1, 0.15) is 36.6 Å². The Morgan fingerprint density at radius 2 is 0.849 bits per heavy atom. The van der Waals surface area contributed by atoms with Crippen LogP contribution in [0.1, 0.15) is 284 Å². The maximum absolute atomic E-state index is 13.2. The van der Waals surface area contributed by atoms with E-state index in [4.69, 9.17) is 9.47 Å². The summed E-state index contributed by atoms with van der Waals surface area (Å²) < 4.78 is 11.1. The van der Waals surface area contributed by atoms with Crippen molar-refractivity contribution < 1.29 is 50.0 Å². The van der Waals surface area contributed by atoms with E-state index in [0.29, 0.717) is 12.8 Å². The molecule has 0 aromatic heterocycles. The van der Waals surface area contributed by atoms with Crippen molar-refractivity contribution in [1.82, 2.24) is 5.32 Å². The van der Waals surface area contributed by atoms with Gasteiger partial charge in [0, 0.05) is 0 Å². The van der Waals surface area contributed by atoms with Crippen LogP contribution in [0.25, 0.3) is 0 Å². The Morgan fingerprint density at radius 1 is 0.479 bits per heavy atom. The van der Waals surface area contributed by atoms with Crippen molar-refractivity contribution in [2.75, 3.05) is 13.2 Å². The van der Waals surface area contributed by atoms with Gasteiger partial charge < -0.3 is 50.5 Å². The third-order valence-electron chi connectivity index (χ3n) is 14.9. The minimum Gasteiger partial charge on any atom is -0.394 e. The molecule has 0 spiro atoms. The molecule has 9 atom stereocenters. The highest BCUT2D eigenvalue weighted by Gasteiger charge is 2.44. The molecule has 1 aliphatic heterocycles. The maximum atomic E-state index is 13.2. The molecule has 1 fully saturated rings. The van der Waals surface area contributed by atoms with E-state index in [1.807, 2.05) is 0 Å². The first kappa shape index (κ1) is 69.3. The number of allylic oxidation sites excluding steroid dienone is 6. The minimum atomic E-state index is -1.67. The highest BCUT2D eigenvalue weighted by atomic mass is 16.7. The fraction of sp³-hybridized carbons (Fsp3) is 0.887. The number of carbonyl (C=O) groups is 1. The highest BCUT2D eigenvalue weighted by molar-refractivity contribution is 5.80. The van der Waals surface area contributed by atoms with Gasteiger partial charge in [0.05, 0.1) is 25.4 Å². The molecular weight excluding hydrogens is 919 g/mol. The van der Waals surface area contributed by atoms with Gasteiger partial charge in [-0.15, -0.1) is 0 Å². The summed E-state index contributed by atoms with van der Waals surface area (Å²) in [4.78, 5) is 13.2. The molecular formula is C62H117NO10. The van der Waals surface area contributed by atoms with Crippen molar-refractivity contribution in [3.05, 3.63) is 36.5 Å². The van der Waals surface area contributed by atoms with Crippen LogP contribution in [0.5, 0.6) is 0 Å². The van der Waals surface area contributed by atoms with Gasteiger partial charge >= 0.3 is 0 Å². The highest BCUT2D eigenvalue weighted by Crippen LogP contribution is 2.23. The summed E-state index contributed by atoms with van der Waals surface area (Å²) in [5.74, 6) is -0.705. The average Bonchev–Trinajstić information content (AvgIpc) is 3.39. The second-order valence-corrected chi connectivity index (χ2v) is 21.8. The zero-order valence-electron chi connectivity index (χ0n) is 47.1. The predicted molar refractivity (Wildman–Crippen MR) is 302 cm³/mol. The first-order chi connectivity index (χ1) is 35.7. The molecule has 11 nitrogen and oxygen atoms in total. The Labute approximate surface area is 447 Å². The van der Waals surface area contributed by atoms with Gasteiger partial charge in [-0.05, 0) is 70.6 Å². The van der Waals surface area contributed by atoms with Gasteiger partial charge in [-0.1, -0.05) is 249 Å². The lowest BCUT2D eigenvalue weighted by atomic mass is 9.98. The number of rotatable bonds is 53. The lowest BCUT2D eigenvalue weighted by Crippen LogP contribution is -2.60. The Hall–Kier alpha value is -1.67. The zero-order valence-corrected chi connectivity index (χ0v) is 47.1. The fourth-order valence-electron chi connectivity index (χ4n) is 9.89. The number of hydrogen-bond donors (Lipinski definition) is 8. The van der Waals surface area contributed by atoms with Crippen LogP contribution in [0, 0.1) is 0 Å². The van der Waals surface area contributed by atoms with Crippen molar-refractivity contribution in [1.29, 1.82) is 0 Å². The summed E-state index contributed by atoms with van der Waals surface area (Å²) in [7, 11) is 0. The Balaban J connectivity index is 2.16. The first-order valence-corrected chi connectivity index (χ1v) is 30.9. The number of carbonyl (C=O) groups excluding carboxylic acids is 1. The number of unbranched alkanes of at least 4 members (excludes halogenated alkanes) is 35. The van der Waals surface area contributed by atoms with Crippen LogP contribution in [0.2, 0.25) is 0 Å². The van der Waals surface area contributed by atoms with Gasteiger partial charge in [-0.25, -0.2) is 0 Å². The molecule has 11 heteroatoms. The van der Waals surface area contributed by atoms with Crippen molar-refractivity contribution in [3.63, 3.8) is 0 Å². The van der Waals surface area contributed by atoms with E-state index in [-0.39, 0.29) is 12.8 Å². The van der Waals surface area contributed by atoms with E-state index >= 15 is 0 Å². The van der Waals surface area contributed by atoms with Crippen LogP contribution >= 0.6 is 0 Å². The van der Waals surface area contributed by atoms with Gasteiger partial charge in [0.25, 0.3) is 0 Å². The summed E-state index contributed by atoms with van der Waals surface area (Å²) in [6.45, 7) is 3.44. The van der Waals surface area contributed by atoms with Crippen molar-refractivity contribution in [2.45, 2.75) is 339 Å². The Kier molecular flexibility index (Phi) is 48.5. The summed E-state index contributed by atoms with van der Waals surface area (Å²) in [5, 5.41) is 76.0. The Bertz CT molecular complexity index is 1280. The molecule has 0 radical (unpaired) electrons. The first-order valence-electron chi connectivity index (χ1n) is 30.9. The molecule has 0 aromatic carbocycles. The van der Waals surface area contributed by atoms with E-state index < -0.39 is 74.2 Å². The van der Waals surface area contributed by atoms with Crippen LogP contribution < -0.4 is 5.32 Å². The van der Waals surface area contributed by atoms with Crippen LogP contribution in [0.3, 0.4) is 0 Å². The molecule has 0 bridgehead atoms. The van der Waals surface area contributed by atoms with Crippen molar-refractivity contribution in [2.24, 2.45) is 0 Å². The number of amides is 1. The number of hydrogen-bond acceptors (Lipinski definition) is 10. The number of aliphatic hydroxyl groups excluding tert-OH is 7. The lowest BCUT2D eigenvalue weighted by Gasteiger charge is -2.40. The molecule has 0 aliphatic carbocycles. The largest absolute Gasteiger partial charge is 0.394 e. The smallest absolute Gasteiger partial charge is 0.249 e. The maximum Gasteiger partial charge on any atom is 0.249 e. The van der Waals surface area contributed by atoms with E-state index in [2.05, 4.69) is 55.6 Å². The summed E-state index contributed by atoms with van der Waals surface area (Å²) in [5.41, 5.74) is 0. The van der Waals surface area contributed by atoms with Crippen molar-refractivity contribution >= 4 is 5.91 Å². The van der Waals surface area contributed by atoms with Crippen LogP contribution in [0.15, 0.2) is 36.5 Å². The van der Waals surface area contributed by atoms with Gasteiger partial charge in [0.15, 0.2) is 6.29 Å². The summed E-state index contributed by atoms with van der Waals surface area (Å²) >= 11 is 0. The van der Waals surface area contributed by atoms with Crippen LogP contribution in [-0.4, -0.2) is 110 Å². The fourth-order valence-corrected chi connectivity index (χ4v) is 9.89. The molecule has 73 heavy (non-hydrogen) atoms. The molecule has 0 aromatic rings. The third kappa shape index (κ3) is 39.4. The van der Waals surface area contributed by atoms with E-state index in [1.165, 1.54) is 199 Å². The van der Waals surface area contributed by atoms with Gasteiger partial charge in [-0.2, -0.15) is 0 Å². The SMILES string of the molecule is CCCCCCCCC/C=C/CCCC(O)C(O)C(COC1OC(CO)C(O)C(O)C1O)NC(=O)C(O)CCCCCCCCCCCCCCCCCC/C=C\C/C=C\CCCCCCCCCCCCC. The topological polar surface area (TPSA) is 189 Å². The molecule has 9 unspecified atom stereocenters. The quantitative estimate of drug-likeness (QED) is 0.0215. The van der Waals surface area contributed by atoms with E-state index in [9.17, 15) is 40.5 Å². The molecule has 8 N–H and O–H groups in total.